The lowest BCUT2D eigenvalue weighted by Crippen LogP contribution is -2.31. The average Bonchev–Trinajstić information content (AvgIpc) is 2.85. The Morgan fingerprint density at radius 1 is 0.970 bits per heavy atom. The van der Waals surface area contributed by atoms with Gasteiger partial charge in [-0.1, -0.05) is 78.0 Å². The Morgan fingerprint density at radius 3 is 2.36 bits per heavy atom. The summed E-state index contributed by atoms with van der Waals surface area (Å²) in [6.45, 7) is 0. The minimum absolute atomic E-state index is 0.342. The SMILES string of the molecule is O=C(O)C(Cc1ccccc1)Nc1cc(-c2ccc(C=NOc3ccccc3)cc2)ncn1. The molecular formula is C26H22N4O3. The second kappa shape index (κ2) is 10.7. The first-order valence-corrected chi connectivity index (χ1v) is 10.4. The fourth-order valence-corrected chi connectivity index (χ4v) is 3.19. The van der Waals surface area contributed by atoms with Gasteiger partial charge >= 0.3 is 5.97 Å². The van der Waals surface area contributed by atoms with Crippen LogP contribution in [-0.2, 0) is 11.2 Å². The van der Waals surface area contributed by atoms with Gasteiger partial charge in [0.25, 0.3) is 0 Å². The summed E-state index contributed by atoms with van der Waals surface area (Å²) < 4.78 is 0. The number of anilines is 1. The number of aromatic nitrogens is 2. The van der Waals surface area contributed by atoms with Crippen molar-refractivity contribution in [2.75, 3.05) is 5.32 Å². The predicted molar refractivity (Wildman–Crippen MR) is 127 cm³/mol. The number of oxime groups is 1. The normalized spacial score (nSPS) is 11.8. The Morgan fingerprint density at radius 2 is 1.67 bits per heavy atom. The highest BCUT2D eigenvalue weighted by molar-refractivity contribution is 5.81. The van der Waals surface area contributed by atoms with Crippen LogP contribution in [0.4, 0.5) is 5.82 Å². The summed E-state index contributed by atoms with van der Waals surface area (Å²) >= 11 is 0. The van der Waals surface area contributed by atoms with E-state index < -0.39 is 12.0 Å². The first-order chi connectivity index (χ1) is 16.2. The summed E-state index contributed by atoms with van der Waals surface area (Å²) in [6, 6.07) is 27.4. The maximum absolute atomic E-state index is 11.7. The number of carboxylic acid groups (broad SMARTS) is 1. The van der Waals surface area contributed by atoms with E-state index in [1.165, 1.54) is 6.33 Å². The van der Waals surface area contributed by atoms with Crippen molar-refractivity contribution in [3.63, 3.8) is 0 Å². The van der Waals surface area contributed by atoms with Crippen molar-refractivity contribution in [3.8, 4) is 17.0 Å². The van der Waals surface area contributed by atoms with E-state index >= 15 is 0 Å². The Balaban J connectivity index is 1.43. The molecule has 0 aliphatic carbocycles. The summed E-state index contributed by atoms with van der Waals surface area (Å²) in [5, 5.41) is 16.6. The molecule has 164 valence electrons. The molecule has 7 nitrogen and oxygen atoms in total. The van der Waals surface area contributed by atoms with Crippen LogP contribution in [0.1, 0.15) is 11.1 Å². The summed E-state index contributed by atoms with van der Waals surface area (Å²) in [7, 11) is 0. The lowest BCUT2D eigenvalue weighted by Gasteiger charge is -2.15. The molecule has 3 aromatic carbocycles. The molecule has 0 saturated carbocycles. The number of nitrogens with zero attached hydrogens (tertiary/aromatic N) is 3. The zero-order chi connectivity index (χ0) is 22.9. The lowest BCUT2D eigenvalue weighted by molar-refractivity contribution is -0.137. The van der Waals surface area contributed by atoms with Crippen LogP contribution in [0.15, 0.2) is 102 Å². The molecule has 1 unspecified atom stereocenters. The molecule has 7 heteroatoms. The molecule has 0 saturated heterocycles. The van der Waals surface area contributed by atoms with E-state index in [-0.39, 0.29) is 0 Å². The van der Waals surface area contributed by atoms with Crippen LogP contribution in [0, 0.1) is 0 Å². The number of nitrogens with one attached hydrogen (secondary N) is 1. The van der Waals surface area contributed by atoms with Gasteiger partial charge in [0.15, 0.2) is 5.75 Å². The number of carboxylic acids is 1. The third kappa shape index (κ3) is 6.24. The van der Waals surface area contributed by atoms with Crippen LogP contribution in [-0.4, -0.2) is 33.3 Å². The van der Waals surface area contributed by atoms with E-state index in [1.807, 2.05) is 84.9 Å². The van der Waals surface area contributed by atoms with Crippen molar-refractivity contribution in [2.45, 2.75) is 12.5 Å². The van der Waals surface area contributed by atoms with Gasteiger partial charge in [0, 0.05) is 18.1 Å². The van der Waals surface area contributed by atoms with Crippen LogP contribution in [0.25, 0.3) is 11.3 Å². The molecule has 1 heterocycles. The molecule has 33 heavy (non-hydrogen) atoms. The molecule has 4 aromatic rings. The monoisotopic (exact) mass is 438 g/mol. The molecular weight excluding hydrogens is 416 g/mol. The first kappa shape index (κ1) is 21.7. The molecule has 0 radical (unpaired) electrons. The van der Waals surface area contributed by atoms with E-state index in [0.29, 0.717) is 23.7 Å². The zero-order valence-corrected chi connectivity index (χ0v) is 17.7. The highest BCUT2D eigenvalue weighted by atomic mass is 16.6. The van der Waals surface area contributed by atoms with Crippen LogP contribution in [0.3, 0.4) is 0 Å². The lowest BCUT2D eigenvalue weighted by atomic mass is 10.1. The Hall–Kier alpha value is -4.52. The van der Waals surface area contributed by atoms with Crippen LogP contribution >= 0.6 is 0 Å². The quantitative estimate of drug-likeness (QED) is 0.291. The van der Waals surface area contributed by atoms with E-state index in [1.54, 1.807) is 12.3 Å². The van der Waals surface area contributed by atoms with Gasteiger partial charge in [-0.15, -0.1) is 0 Å². The molecule has 4 rings (SSSR count). The molecule has 0 aliphatic heterocycles. The van der Waals surface area contributed by atoms with E-state index in [4.69, 9.17) is 4.84 Å². The minimum atomic E-state index is -0.944. The van der Waals surface area contributed by atoms with Crippen LogP contribution in [0.2, 0.25) is 0 Å². The maximum Gasteiger partial charge on any atom is 0.326 e. The standard InChI is InChI=1S/C26H22N4O3/c31-26(32)24(15-19-7-3-1-4-8-19)30-25-16-23(27-18-28-25)21-13-11-20(12-14-21)17-29-33-22-9-5-2-6-10-22/h1-14,16-18,24H,15H2,(H,31,32)(H,27,28,30). The van der Waals surface area contributed by atoms with Crippen molar-refractivity contribution in [1.82, 2.24) is 9.97 Å². The van der Waals surface area contributed by atoms with Crippen molar-refractivity contribution in [2.24, 2.45) is 5.16 Å². The van der Waals surface area contributed by atoms with Crippen molar-refractivity contribution in [3.05, 3.63) is 108 Å². The fraction of sp³-hybridized carbons (Fsp3) is 0.0769. The third-order valence-electron chi connectivity index (χ3n) is 4.88. The Bertz CT molecular complexity index is 1210. The smallest absolute Gasteiger partial charge is 0.326 e. The van der Waals surface area contributed by atoms with Gasteiger partial charge in [-0.05, 0) is 23.3 Å². The third-order valence-corrected chi connectivity index (χ3v) is 4.88. The highest BCUT2D eigenvalue weighted by Crippen LogP contribution is 2.20. The largest absolute Gasteiger partial charge is 0.480 e. The van der Waals surface area contributed by atoms with Crippen LogP contribution < -0.4 is 10.2 Å². The van der Waals surface area contributed by atoms with E-state index in [0.717, 1.165) is 16.7 Å². The van der Waals surface area contributed by atoms with Crippen molar-refractivity contribution >= 4 is 18.0 Å². The number of hydrogen-bond donors (Lipinski definition) is 2. The second-order valence-corrected chi connectivity index (χ2v) is 7.27. The molecule has 0 spiro atoms. The van der Waals surface area contributed by atoms with Crippen molar-refractivity contribution in [1.29, 1.82) is 0 Å². The van der Waals surface area contributed by atoms with Gasteiger partial charge in [0.2, 0.25) is 0 Å². The van der Waals surface area contributed by atoms with E-state index in [9.17, 15) is 9.90 Å². The second-order valence-electron chi connectivity index (χ2n) is 7.27. The molecule has 0 aliphatic rings. The number of benzene rings is 3. The molecule has 0 amide bonds. The zero-order valence-electron chi connectivity index (χ0n) is 17.7. The number of aliphatic carboxylic acids is 1. The fourth-order valence-electron chi connectivity index (χ4n) is 3.19. The Kier molecular flexibility index (Phi) is 7.02. The number of rotatable bonds is 9. The van der Waals surface area contributed by atoms with Crippen molar-refractivity contribution < 1.29 is 14.7 Å². The Labute approximate surface area is 191 Å². The first-order valence-electron chi connectivity index (χ1n) is 10.4. The van der Waals surface area contributed by atoms with Gasteiger partial charge in [-0.3, -0.25) is 0 Å². The number of hydrogen-bond acceptors (Lipinski definition) is 6. The van der Waals surface area contributed by atoms with Gasteiger partial charge in [-0.25, -0.2) is 14.8 Å². The average molecular weight is 438 g/mol. The summed E-state index contributed by atoms with van der Waals surface area (Å²) in [5.74, 6) is 0.170. The van der Waals surface area contributed by atoms with E-state index in [2.05, 4.69) is 20.4 Å². The topological polar surface area (TPSA) is 96.7 Å². The van der Waals surface area contributed by atoms with Gasteiger partial charge in [-0.2, -0.15) is 0 Å². The maximum atomic E-state index is 11.7. The summed E-state index contributed by atoms with van der Waals surface area (Å²) in [4.78, 5) is 25.6. The van der Waals surface area contributed by atoms with Gasteiger partial charge < -0.3 is 15.3 Å². The minimum Gasteiger partial charge on any atom is -0.480 e. The molecule has 2 N–H and O–H groups in total. The predicted octanol–water partition coefficient (Wildman–Crippen LogP) is 4.66. The summed E-state index contributed by atoms with van der Waals surface area (Å²) in [5.41, 5.74) is 3.35. The number of carbonyl (C=O) groups is 1. The summed E-state index contributed by atoms with van der Waals surface area (Å²) in [6.07, 6.45) is 3.39. The van der Waals surface area contributed by atoms with Gasteiger partial charge in [0.05, 0.1) is 11.9 Å². The molecule has 1 atom stereocenters. The molecule has 0 bridgehead atoms. The molecule has 1 aromatic heterocycles. The van der Waals surface area contributed by atoms with Gasteiger partial charge in [0.1, 0.15) is 18.2 Å². The number of para-hydroxylation sites is 1. The highest BCUT2D eigenvalue weighted by Gasteiger charge is 2.18. The molecule has 0 fully saturated rings. The van der Waals surface area contributed by atoms with Crippen LogP contribution in [0.5, 0.6) is 5.75 Å².